The lowest BCUT2D eigenvalue weighted by Crippen LogP contribution is -2.15. The fourth-order valence-corrected chi connectivity index (χ4v) is 0.841. The number of hydrogen-bond acceptors (Lipinski definition) is 3. The van der Waals surface area contributed by atoms with Crippen molar-refractivity contribution in [2.45, 2.75) is 33.3 Å². The van der Waals surface area contributed by atoms with Crippen molar-refractivity contribution in [3.05, 3.63) is 0 Å². The molecule has 0 N–H and O–H groups in total. The first-order chi connectivity index (χ1) is 5.29. The first kappa shape index (κ1) is 10.4. The zero-order chi connectivity index (χ0) is 8.69. The average molecular weight is 160 g/mol. The van der Waals surface area contributed by atoms with Crippen molar-refractivity contribution in [3.63, 3.8) is 0 Å². The Bertz CT molecular complexity index is 106. The Morgan fingerprint density at radius 1 is 1.55 bits per heavy atom. The summed E-state index contributed by atoms with van der Waals surface area (Å²) in [6.07, 6.45) is 0.863. The molecule has 0 aliphatic carbocycles. The summed E-state index contributed by atoms with van der Waals surface area (Å²) in [7, 11) is 0. The molecule has 0 amide bonds. The van der Waals surface area contributed by atoms with E-state index in [0.717, 1.165) is 13.0 Å². The molecule has 66 valence electrons. The van der Waals surface area contributed by atoms with E-state index in [9.17, 15) is 4.79 Å². The highest BCUT2D eigenvalue weighted by molar-refractivity contribution is 5.66. The van der Waals surface area contributed by atoms with Crippen molar-refractivity contribution in [1.82, 2.24) is 0 Å². The van der Waals surface area contributed by atoms with E-state index in [1.807, 2.05) is 13.8 Å². The second-order valence-electron chi connectivity index (χ2n) is 2.10. The molecule has 11 heavy (non-hydrogen) atoms. The van der Waals surface area contributed by atoms with Gasteiger partial charge in [-0.1, -0.05) is 13.8 Å². The molecule has 0 bridgehead atoms. The molecule has 0 spiro atoms. The van der Waals surface area contributed by atoms with E-state index in [4.69, 9.17) is 9.47 Å². The molecule has 0 radical (unpaired) electrons. The smallest absolute Gasteiger partial charge is 0.302 e. The highest BCUT2D eigenvalue weighted by atomic mass is 16.6. The van der Waals surface area contributed by atoms with Gasteiger partial charge in [0.2, 0.25) is 0 Å². The van der Waals surface area contributed by atoms with Gasteiger partial charge in [0.15, 0.2) is 0 Å². The van der Waals surface area contributed by atoms with Crippen molar-refractivity contribution in [2.24, 2.45) is 0 Å². The third-order valence-electron chi connectivity index (χ3n) is 1.22. The standard InChI is InChI=1S/C6H10O3.C2H6/c1-5(7)9-6-2-3-8-4-6;1-2/h6H,2-4H2,1H3;1-2H3/t6-;/m1./s1. The summed E-state index contributed by atoms with van der Waals surface area (Å²) in [6, 6.07) is 0. The quantitative estimate of drug-likeness (QED) is 0.543. The highest BCUT2D eigenvalue weighted by Gasteiger charge is 2.17. The molecule has 0 saturated carbocycles. The van der Waals surface area contributed by atoms with E-state index in [1.165, 1.54) is 6.92 Å². The minimum Gasteiger partial charge on any atom is -0.460 e. The molecule has 1 heterocycles. The second kappa shape index (κ2) is 6.16. The molecule has 0 aromatic heterocycles. The van der Waals surface area contributed by atoms with Gasteiger partial charge in [-0.05, 0) is 0 Å². The molecule has 3 nitrogen and oxygen atoms in total. The van der Waals surface area contributed by atoms with Gasteiger partial charge in [-0.3, -0.25) is 4.79 Å². The molecule has 1 rings (SSSR count). The Morgan fingerprint density at radius 3 is 2.55 bits per heavy atom. The van der Waals surface area contributed by atoms with E-state index in [-0.39, 0.29) is 12.1 Å². The Balaban J connectivity index is 0.000000461. The van der Waals surface area contributed by atoms with Crippen LogP contribution in [0.5, 0.6) is 0 Å². The van der Waals surface area contributed by atoms with Crippen LogP contribution >= 0.6 is 0 Å². The number of carbonyl (C=O) groups is 1. The monoisotopic (exact) mass is 160 g/mol. The van der Waals surface area contributed by atoms with Crippen LogP contribution in [0.2, 0.25) is 0 Å². The van der Waals surface area contributed by atoms with Crippen LogP contribution < -0.4 is 0 Å². The van der Waals surface area contributed by atoms with Crippen LogP contribution in [0.25, 0.3) is 0 Å². The zero-order valence-electron chi connectivity index (χ0n) is 7.42. The van der Waals surface area contributed by atoms with Crippen LogP contribution in [0.15, 0.2) is 0 Å². The summed E-state index contributed by atoms with van der Waals surface area (Å²) in [5.41, 5.74) is 0. The fraction of sp³-hybridized carbons (Fsp3) is 0.875. The van der Waals surface area contributed by atoms with Crippen molar-refractivity contribution >= 4 is 5.97 Å². The Hall–Kier alpha value is -0.570. The molecular formula is C8H16O3. The highest BCUT2D eigenvalue weighted by Crippen LogP contribution is 2.07. The number of carbonyl (C=O) groups excluding carboxylic acids is 1. The third kappa shape index (κ3) is 4.79. The summed E-state index contributed by atoms with van der Waals surface area (Å²) in [6.45, 7) is 6.70. The van der Waals surface area contributed by atoms with Crippen molar-refractivity contribution < 1.29 is 14.3 Å². The van der Waals surface area contributed by atoms with Gasteiger partial charge in [-0.25, -0.2) is 0 Å². The predicted molar refractivity (Wildman–Crippen MR) is 42.3 cm³/mol. The third-order valence-corrected chi connectivity index (χ3v) is 1.22. The molecule has 1 aliphatic rings. The second-order valence-corrected chi connectivity index (χ2v) is 2.10. The van der Waals surface area contributed by atoms with Crippen molar-refractivity contribution in [2.75, 3.05) is 13.2 Å². The van der Waals surface area contributed by atoms with Gasteiger partial charge >= 0.3 is 5.97 Å². The molecule has 0 aromatic rings. The SMILES string of the molecule is CC.CC(=O)O[C@@H]1CCOC1. The van der Waals surface area contributed by atoms with E-state index < -0.39 is 0 Å². The number of ether oxygens (including phenoxy) is 2. The first-order valence-electron chi connectivity index (χ1n) is 4.04. The van der Waals surface area contributed by atoms with E-state index in [0.29, 0.717) is 6.61 Å². The Labute approximate surface area is 67.7 Å². The summed E-state index contributed by atoms with van der Waals surface area (Å²) >= 11 is 0. The van der Waals surface area contributed by atoms with Gasteiger partial charge in [-0.2, -0.15) is 0 Å². The molecule has 1 aliphatic heterocycles. The molecule has 0 aromatic carbocycles. The van der Waals surface area contributed by atoms with Crippen LogP contribution in [-0.4, -0.2) is 25.3 Å². The number of esters is 1. The van der Waals surface area contributed by atoms with Gasteiger partial charge in [0, 0.05) is 13.3 Å². The van der Waals surface area contributed by atoms with Gasteiger partial charge in [0.25, 0.3) is 0 Å². The van der Waals surface area contributed by atoms with Gasteiger partial charge < -0.3 is 9.47 Å². The zero-order valence-corrected chi connectivity index (χ0v) is 7.42. The van der Waals surface area contributed by atoms with Crippen LogP contribution in [0.3, 0.4) is 0 Å². The minimum absolute atomic E-state index is 0.0162. The average Bonchev–Trinajstić information content (AvgIpc) is 2.43. The van der Waals surface area contributed by atoms with E-state index >= 15 is 0 Å². The summed E-state index contributed by atoms with van der Waals surface area (Å²) in [5.74, 6) is -0.217. The largest absolute Gasteiger partial charge is 0.460 e. The summed E-state index contributed by atoms with van der Waals surface area (Å²) in [5, 5.41) is 0. The Kier molecular flexibility index (Phi) is 5.84. The lowest BCUT2D eigenvalue weighted by atomic mass is 10.3. The van der Waals surface area contributed by atoms with Crippen LogP contribution in [0.4, 0.5) is 0 Å². The van der Waals surface area contributed by atoms with E-state index in [2.05, 4.69) is 0 Å². The molecule has 1 fully saturated rings. The van der Waals surface area contributed by atoms with Gasteiger partial charge in [-0.15, -0.1) is 0 Å². The lowest BCUT2D eigenvalue weighted by Gasteiger charge is -2.05. The summed E-state index contributed by atoms with van der Waals surface area (Å²) in [4.78, 5) is 10.3. The topological polar surface area (TPSA) is 35.5 Å². The van der Waals surface area contributed by atoms with Gasteiger partial charge in [0.1, 0.15) is 6.10 Å². The Morgan fingerprint density at radius 2 is 2.18 bits per heavy atom. The normalized spacial score (nSPS) is 21.9. The van der Waals surface area contributed by atoms with Gasteiger partial charge in [0.05, 0.1) is 13.2 Å². The molecular weight excluding hydrogens is 144 g/mol. The maximum atomic E-state index is 10.3. The van der Waals surface area contributed by atoms with Crippen molar-refractivity contribution in [1.29, 1.82) is 0 Å². The predicted octanol–water partition coefficient (Wildman–Crippen LogP) is 1.36. The van der Waals surface area contributed by atoms with E-state index in [1.54, 1.807) is 0 Å². The maximum absolute atomic E-state index is 10.3. The number of hydrogen-bond donors (Lipinski definition) is 0. The van der Waals surface area contributed by atoms with Crippen LogP contribution in [0, 0.1) is 0 Å². The fourth-order valence-electron chi connectivity index (χ4n) is 0.841. The number of rotatable bonds is 1. The minimum atomic E-state index is -0.217. The van der Waals surface area contributed by atoms with Crippen LogP contribution in [0.1, 0.15) is 27.2 Å². The van der Waals surface area contributed by atoms with Crippen LogP contribution in [-0.2, 0) is 14.3 Å². The molecule has 1 atom stereocenters. The molecule has 1 saturated heterocycles. The molecule has 0 unspecified atom stereocenters. The summed E-state index contributed by atoms with van der Waals surface area (Å²) < 4.78 is 9.83. The molecule has 3 heteroatoms. The van der Waals surface area contributed by atoms with Crippen molar-refractivity contribution in [3.8, 4) is 0 Å². The lowest BCUT2D eigenvalue weighted by molar-refractivity contribution is -0.146. The maximum Gasteiger partial charge on any atom is 0.302 e. The first-order valence-corrected chi connectivity index (χ1v) is 4.04.